The number of nitrogens with two attached hydrogens (primary N) is 1. The van der Waals surface area contributed by atoms with Crippen LogP contribution >= 0.6 is 0 Å². The molecule has 2 aliphatic rings. The topological polar surface area (TPSA) is 56.5 Å². The smallest absolute Gasteiger partial charge is 0.0726 e. The number of rotatable bonds is 3. The molecule has 16 heavy (non-hydrogen) atoms. The molecule has 4 heteroatoms. The maximum atomic E-state index is 6.08. The standard InChI is InChI=1S/C12H24N2O2/c1-9-12(3,4-5-16-9)14-7-11(2)8-15-6-10(11)13/h9-10,14H,4-8,13H2,1-3H3. The van der Waals surface area contributed by atoms with Crippen molar-refractivity contribution in [3.63, 3.8) is 0 Å². The van der Waals surface area contributed by atoms with Gasteiger partial charge in [0.25, 0.3) is 0 Å². The summed E-state index contributed by atoms with van der Waals surface area (Å²) in [6, 6.07) is 0.140. The highest BCUT2D eigenvalue weighted by Crippen LogP contribution is 2.30. The summed E-state index contributed by atoms with van der Waals surface area (Å²) in [6.45, 7) is 9.75. The molecule has 94 valence electrons. The van der Waals surface area contributed by atoms with Crippen LogP contribution in [0.1, 0.15) is 27.2 Å². The van der Waals surface area contributed by atoms with Crippen molar-refractivity contribution in [3.05, 3.63) is 0 Å². The Labute approximate surface area is 97.9 Å². The lowest BCUT2D eigenvalue weighted by Gasteiger charge is -2.35. The first-order valence-electron chi connectivity index (χ1n) is 6.16. The lowest BCUT2D eigenvalue weighted by atomic mass is 9.84. The van der Waals surface area contributed by atoms with Crippen LogP contribution in [0.15, 0.2) is 0 Å². The van der Waals surface area contributed by atoms with Crippen LogP contribution in [0, 0.1) is 5.41 Å². The van der Waals surface area contributed by atoms with E-state index in [0.29, 0.717) is 6.61 Å². The van der Waals surface area contributed by atoms with Crippen LogP contribution in [-0.2, 0) is 9.47 Å². The fraction of sp³-hybridized carbons (Fsp3) is 1.00. The minimum absolute atomic E-state index is 0.0608. The van der Waals surface area contributed by atoms with Crippen molar-refractivity contribution < 1.29 is 9.47 Å². The van der Waals surface area contributed by atoms with Crippen molar-refractivity contribution in [1.29, 1.82) is 0 Å². The first kappa shape index (κ1) is 12.3. The molecule has 0 spiro atoms. The summed E-state index contributed by atoms with van der Waals surface area (Å²) in [7, 11) is 0. The van der Waals surface area contributed by atoms with Gasteiger partial charge in [-0.15, -0.1) is 0 Å². The van der Waals surface area contributed by atoms with Crippen molar-refractivity contribution >= 4 is 0 Å². The van der Waals surface area contributed by atoms with E-state index >= 15 is 0 Å². The maximum absolute atomic E-state index is 6.08. The Bertz CT molecular complexity index is 235. The Morgan fingerprint density at radius 3 is 2.69 bits per heavy atom. The van der Waals surface area contributed by atoms with Crippen molar-refractivity contribution in [1.82, 2.24) is 5.32 Å². The van der Waals surface area contributed by atoms with Crippen molar-refractivity contribution in [3.8, 4) is 0 Å². The zero-order chi connectivity index (χ0) is 11.8. The molecule has 4 atom stereocenters. The Hall–Kier alpha value is -0.160. The van der Waals surface area contributed by atoms with E-state index in [0.717, 1.165) is 26.2 Å². The van der Waals surface area contributed by atoms with E-state index in [1.165, 1.54) is 0 Å². The Balaban J connectivity index is 1.91. The van der Waals surface area contributed by atoms with Crippen LogP contribution in [0.3, 0.4) is 0 Å². The lowest BCUT2D eigenvalue weighted by Crippen LogP contribution is -2.54. The second-order valence-corrected chi connectivity index (χ2v) is 5.81. The van der Waals surface area contributed by atoms with Crippen LogP contribution in [0.25, 0.3) is 0 Å². The molecule has 0 aromatic rings. The molecule has 0 radical (unpaired) electrons. The van der Waals surface area contributed by atoms with Gasteiger partial charge in [-0.3, -0.25) is 0 Å². The molecule has 2 heterocycles. The van der Waals surface area contributed by atoms with Gasteiger partial charge >= 0.3 is 0 Å². The molecule has 0 aromatic heterocycles. The molecular weight excluding hydrogens is 204 g/mol. The molecule has 3 N–H and O–H groups in total. The lowest BCUT2D eigenvalue weighted by molar-refractivity contribution is 0.0810. The number of nitrogens with one attached hydrogen (secondary N) is 1. The van der Waals surface area contributed by atoms with Crippen LogP contribution in [0.4, 0.5) is 0 Å². The zero-order valence-electron chi connectivity index (χ0n) is 10.6. The van der Waals surface area contributed by atoms with E-state index in [1.54, 1.807) is 0 Å². The van der Waals surface area contributed by atoms with Crippen molar-refractivity contribution in [2.24, 2.45) is 11.1 Å². The number of hydrogen-bond acceptors (Lipinski definition) is 4. The third-order valence-corrected chi connectivity index (χ3v) is 4.41. The molecular formula is C12H24N2O2. The van der Waals surface area contributed by atoms with Gasteiger partial charge in [-0.2, -0.15) is 0 Å². The van der Waals surface area contributed by atoms with Crippen LogP contribution in [-0.4, -0.2) is 44.1 Å². The van der Waals surface area contributed by atoms with E-state index in [9.17, 15) is 0 Å². The fourth-order valence-corrected chi connectivity index (χ4v) is 2.38. The summed E-state index contributed by atoms with van der Waals surface area (Å²) in [5.74, 6) is 0. The molecule has 0 amide bonds. The van der Waals surface area contributed by atoms with Gasteiger partial charge in [-0.1, -0.05) is 6.92 Å². The first-order chi connectivity index (χ1) is 7.46. The summed E-state index contributed by atoms with van der Waals surface area (Å²) >= 11 is 0. The van der Waals surface area contributed by atoms with Crippen molar-refractivity contribution in [2.45, 2.75) is 44.9 Å². The highest BCUT2D eigenvalue weighted by Gasteiger charge is 2.42. The minimum atomic E-state index is 0.0608. The average Bonchev–Trinajstić information content (AvgIpc) is 2.73. The van der Waals surface area contributed by atoms with Gasteiger partial charge in [0, 0.05) is 30.1 Å². The summed E-state index contributed by atoms with van der Waals surface area (Å²) in [4.78, 5) is 0. The molecule has 0 saturated carbocycles. The molecule has 4 unspecified atom stereocenters. The van der Waals surface area contributed by atoms with Gasteiger partial charge < -0.3 is 20.5 Å². The summed E-state index contributed by atoms with van der Waals surface area (Å²) in [5.41, 5.74) is 6.23. The molecule has 2 fully saturated rings. The second-order valence-electron chi connectivity index (χ2n) is 5.81. The van der Waals surface area contributed by atoms with E-state index in [2.05, 4.69) is 26.1 Å². The predicted molar refractivity (Wildman–Crippen MR) is 63.3 cm³/mol. The largest absolute Gasteiger partial charge is 0.379 e. The second kappa shape index (κ2) is 4.26. The molecule has 0 bridgehead atoms. The number of ether oxygens (including phenoxy) is 2. The predicted octanol–water partition coefficient (Wildman–Crippen LogP) is 0.507. The van der Waals surface area contributed by atoms with Gasteiger partial charge in [-0.25, -0.2) is 0 Å². The fourth-order valence-electron chi connectivity index (χ4n) is 2.38. The molecule has 4 nitrogen and oxygen atoms in total. The SMILES string of the molecule is CC1OCCC1(C)NCC1(C)COCC1N. The van der Waals surface area contributed by atoms with E-state index in [1.807, 2.05) is 0 Å². The molecule has 2 aliphatic heterocycles. The van der Waals surface area contributed by atoms with Gasteiger partial charge in [0.05, 0.1) is 19.3 Å². The quantitative estimate of drug-likeness (QED) is 0.739. The van der Waals surface area contributed by atoms with Gasteiger partial charge in [0.2, 0.25) is 0 Å². The summed E-state index contributed by atoms with van der Waals surface area (Å²) in [5, 5.41) is 3.64. The van der Waals surface area contributed by atoms with Crippen LogP contribution in [0.2, 0.25) is 0 Å². The van der Waals surface area contributed by atoms with E-state index < -0.39 is 0 Å². The average molecular weight is 228 g/mol. The van der Waals surface area contributed by atoms with E-state index in [4.69, 9.17) is 15.2 Å². The van der Waals surface area contributed by atoms with Crippen LogP contribution < -0.4 is 11.1 Å². The van der Waals surface area contributed by atoms with Crippen molar-refractivity contribution in [2.75, 3.05) is 26.4 Å². The Kier molecular flexibility index (Phi) is 3.27. The molecule has 0 aliphatic carbocycles. The van der Waals surface area contributed by atoms with E-state index in [-0.39, 0.29) is 23.1 Å². The normalized spacial score (nSPS) is 48.8. The number of hydrogen-bond donors (Lipinski definition) is 2. The zero-order valence-corrected chi connectivity index (χ0v) is 10.6. The highest BCUT2D eigenvalue weighted by atomic mass is 16.5. The molecule has 2 saturated heterocycles. The third-order valence-electron chi connectivity index (χ3n) is 4.41. The molecule has 2 rings (SSSR count). The first-order valence-corrected chi connectivity index (χ1v) is 6.16. The minimum Gasteiger partial charge on any atom is -0.379 e. The maximum Gasteiger partial charge on any atom is 0.0726 e. The van der Waals surface area contributed by atoms with Crippen LogP contribution in [0.5, 0.6) is 0 Å². The van der Waals surface area contributed by atoms with Gasteiger partial charge in [0.15, 0.2) is 0 Å². The Morgan fingerprint density at radius 1 is 1.44 bits per heavy atom. The monoisotopic (exact) mass is 228 g/mol. The van der Waals surface area contributed by atoms with Gasteiger partial charge in [-0.05, 0) is 20.3 Å². The highest BCUT2D eigenvalue weighted by molar-refractivity contribution is 4.98. The molecule has 0 aromatic carbocycles. The van der Waals surface area contributed by atoms with Gasteiger partial charge in [0.1, 0.15) is 0 Å². The Morgan fingerprint density at radius 2 is 2.19 bits per heavy atom. The summed E-state index contributed by atoms with van der Waals surface area (Å²) < 4.78 is 11.1. The third kappa shape index (κ3) is 2.12. The summed E-state index contributed by atoms with van der Waals surface area (Å²) in [6.07, 6.45) is 1.34.